The van der Waals surface area contributed by atoms with E-state index in [0.717, 1.165) is 5.56 Å². The second kappa shape index (κ2) is 5.49. The van der Waals surface area contributed by atoms with Crippen molar-refractivity contribution >= 4 is 39.0 Å². The van der Waals surface area contributed by atoms with E-state index >= 15 is 0 Å². The molecule has 0 saturated carbocycles. The van der Waals surface area contributed by atoms with Gasteiger partial charge in [0.25, 0.3) is 5.56 Å². The zero-order chi connectivity index (χ0) is 14.8. The molecule has 0 bridgehead atoms. The summed E-state index contributed by atoms with van der Waals surface area (Å²) >= 11 is 3.25. The van der Waals surface area contributed by atoms with Crippen molar-refractivity contribution < 1.29 is 5.11 Å². The van der Waals surface area contributed by atoms with Crippen LogP contribution in [-0.2, 0) is 0 Å². The third-order valence-electron chi connectivity index (χ3n) is 2.93. The van der Waals surface area contributed by atoms with Crippen molar-refractivity contribution in [2.45, 2.75) is 0 Å². The molecule has 0 aliphatic rings. The Hall–Kier alpha value is -2.47. The lowest BCUT2D eigenvalue weighted by Crippen LogP contribution is -2.09. The lowest BCUT2D eigenvalue weighted by molar-refractivity contribution is 0.472. The van der Waals surface area contributed by atoms with Crippen molar-refractivity contribution in [2.24, 2.45) is 0 Å². The highest BCUT2D eigenvalue weighted by atomic mass is 79.9. The summed E-state index contributed by atoms with van der Waals surface area (Å²) in [7, 11) is 0. The molecule has 0 unspecified atom stereocenters. The van der Waals surface area contributed by atoms with Crippen molar-refractivity contribution in [2.75, 3.05) is 0 Å². The minimum atomic E-state index is -0.200. The van der Waals surface area contributed by atoms with Crippen LogP contribution in [0.15, 0.2) is 45.9 Å². The number of aromatic amines is 1. The summed E-state index contributed by atoms with van der Waals surface area (Å²) in [6.45, 7) is 0. The number of fused-ring (bicyclic) bond motifs is 1. The summed E-state index contributed by atoms with van der Waals surface area (Å²) < 4.78 is 0.605. The second-order valence-electron chi connectivity index (χ2n) is 4.39. The van der Waals surface area contributed by atoms with Crippen molar-refractivity contribution in [3.05, 3.63) is 62.9 Å². The highest BCUT2D eigenvalue weighted by Crippen LogP contribution is 2.24. The fourth-order valence-electron chi connectivity index (χ4n) is 1.89. The van der Waals surface area contributed by atoms with E-state index in [-0.39, 0.29) is 11.3 Å². The summed E-state index contributed by atoms with van der Waals surface area (Å²) in [6.07, 6.45) is 6.61. The number of benzene rings is 1. The average Bonchev–Trinajstić information content (AvgIpc) is 2.49. The zero-order valence-corrected chi connectivity index (χ0v) is 12.3. The molecule has 2 N–H and O–H groups in total. The van der Waals surface area contributed by atoms with Gasteiger partial charge in [-0.15, -0.1) is 0 Å². The third-order valence-corrected chi connectivity index (χ3v) is 3.57. The number of rotatable bonds is 2. The maximum Gasteiger partial charge on any atom is 0.259 e. The molecule has 0 aliphatic heterocycles. The van der Waals surface area contributed by atoms with Gasteiger partial charge in [0.05, 0.1) is 21.6 Å². The normalized spacial score (nSPS) is 11.3. The molecule has 0 fully saturated rings. The number of H-pyrrole nitrogens is 1. The zero-order valence-electron chi connectivity index (χ0n) is 10.7. The standard InChI is InChI=1S/C15H10BrN3O2/c16-11-7-9(1-3-13(11)20)2-4-14-18-12-8-17-6-5-10(12)15(21)19-14/h1-8,20H,(H,18,19,21). The lowest BCUT2D eigenvalue weighted by atomic mass is 10.2. The molecular formula is C15H10BrN3O2. The quantitative estimate of drug-likeness (QED) is 0.749. The van der Waals surface area contributed by atoms with Crippen LogP contribution < -0.4 is 5.56 Å². The monoisotopic (exact) mass is 343 g/mol. The Morgan fingerprint density at radius 1 is 1.24 bits per heavy atom. The molecule has 21 heavy (non-hydrogen) atoms. The average molecular weight is 344 g/mol. The summed E-state index contributed by atoms with van der Waals surface area (Å²) in [4.78, 5) is 22.9. The molecule has 0 radical (unpaired) electrons. The Labute approximate surface area is 128 Å². The number of aromatic nitrogens is 3. The van der Waals surface area contributed by atoms with Crippen LogP contribution in [-0.4, -0.2) is 20.1 Å². The molecule has 0 saturated heterocycles. The molecule has 104 valence electrons. The number of nitrogens with one attached hydrogen (secondary N) is 1. The number of pyridine rings is 1. The maximum absolute atomic E-state index is 11.9. The number of aromatic hydroxyl groups is 1. The Bertz CT molecular complexity index is 903. The minimum Gasteiger partial charge on any atom is -0.507 e. The molecule has 3 aromatic rings. The number of halogens is 1. The number of phenols is 1. The van der Waals surface area contributed by atoms with Crippen molar-refractivity contribution in [1.82, 2.24) is 15.0 Å². The van der Waals surface area contributed by atoms with Crippen LogP contribution in [0.1, 0.15) is 11.4 Å². The molecular weight excluding hydrogens is 334 g/mol. The Morgan fingerprint density at radius 3 is 2.90 bits per heavy atom. The first kappa shape index (κ1) is 13.5. The molecule has 0 amide bonds. The number of hydrogen-bond donors (Lipinski definition) is 2. The fourth-order valence-corrected chi connectivity index (χ4v) is 2.29. The SMILES string of the molecule is O=c1[nH]c(C=Cc2ccc(O)c(Br)c2)nc2cnccc12. The molecule has 1 aromatic carbocycles. The Kier molecular flexibility index (Phi) is 3.53. The number of hydrogen-bond acceptors (Lipinski definition) is 4. The fraction of sp³-hybridized carbons (Fsp3) is 0. The van der Waals surface area contributed by atoms with Gasteiger partial charge in [-0.05, 0) is 45.8 Å². The van der Waals surface area contributed by atoms with Crippen LogP contribution in [0.5, 0.6) is 5.75 Å². The minimum absolute atomic E-state index is 0.176. The van der Waals surface area contributed by atoms with Gasteiger partial charge in [0.2, 0.25) is 0 Å². The second-order valence-corrected chi connectivity index (χ2v) is 5.24. The van der Waals surface area contributed by atoms with E-state index in [2.05, 4.69) is 30.9 Å². The first-order valence-corrected chi connectivity index (χ1v) is 6.93. The molecule has 6 heteroatoms. The van der Waals surface area contributed by atoms with E-state index < -0.39 is 0 Å². The van der Waals surface area contributed by atoms with Gasteiger partial charge in [-0.3, -0.25) is 9.78 Å². The van der Waals surface area contributed by atoms with Gasteiger partial charge in [-0.1, -0.05) is 12.1 Å². The molecule has 5 nitrogen and oxygen atoms in total. The van der Waals surface area contributed by atoms with E-state index in [1.807, 2.05) is 0 Å². The van der Waals surface area contributed by atoms with Crippen LogP contribution in [0.3, 0.4) is 0 Å². The Morgan fingerprint density at radius 2 is 2.10 bits per heavy atom. The predicted octanol–water partition coefficient (Wildman–Crippen LogP) is 2.96. The predicted molar refractivity (Wildman–Crippen MR) is 84.9 cm³/mol. The molecule has 0 aliphatic carbocycles. The van der Waals surface area contributed by atoms with Crippen LogP contribution in [0.25, 0.3) is 23.1 Å². The van der Waals surface area contributed by atoms with Crippen molar-refractivity contribution in [1.29, 1.82) is 0 Å². The van der Waals surface area contributed by atoms with Gasteiger partial charge < -0.3 is 10.1 Å². The molecule has 0 spiro atoms. The number of nitrogens with zero attached hydrogens (tertiary/aromatic N) is 2. The van der Waals surface area contributed by atoms with Crippen molar-refractivity contribution in [3.63, 3.8) is 0 Å². The summed E-state index contributed by atoms with van der Waals surface area (Å²) in [5, 5.41) is 9.95. The maximum atomic E-state index is 11.9. The first-order chi connectivity index (χ1) is 10.1. The topological polar surface area (TPSA) is 78.9 Å². The summed E-state index contributed by atoms with van der Waals surface area (Å²) in [5.41, 5.74) is 1.22. The first-order valence-electron chi connectivity index (χ1n) is 6.14. The van der Waals surface area contributed by atoms with Gasteiger partial charge in [-0.2, -0.15) is 0 Å². The van der Waals surface area contributed by atoms with Crippen LogP contribution in [0.2, 0.25) is 0 Å². The van der Waals surface area contributed by atoms with E-state index in [9.17, 15) is 9.90 Å². The van der Waals surface area contributed by atoms with Gasteiger partial charge in [0, 0.05) is 6.20 Å². The largest absolute Gasteiger partial charge is 0.507 e. The third kappa shape index (κ3) is 2.85. The van der Waals surface area contributed by atoms with E-state index in [0.29, 0.717) is 21.2 Å². The van der Waals surface area contributed by atoms with Gasteiger partial charge >= 0.3 is 0 Å². The molecule has 0 atom stereocenters. The van der Waals surface area contributed by atoms with Crippen molar-refractivity contribution in [3.8, 4) is 5.75 Å². The van der Waals surface area contributed by atoms with E-state index in [1.165, 1.54) is 0 Å². The van der Waals surface area contributed by atoms with E-state index in [1.54, 1.807) is 48.8 Å². The van der Waals surface area contributed by atoms with Gasteiger partial charge in [0.1, 0.15) is 11.6 Å². The smallest absolute Gasteiger partial charge is 0.259 e. The van der Waals surface area contributed by atoms with Gasteiger partial charge in [0.15, 0.2) is 0 Å². The van der Waals surface area contributed by atoms with E-state index in [4.69, 9.17) is 0 Å². The lowest BCUT2D eigenvalue weighted by Gasteiger charge is -1.99. The Balaban J connectivity index is 1.99. The van der Waals surface area contributed by atoms with Gasteiger partial charge in [-0.25, -0.2) is 4.98 Å². The summed E-state index contributed by atoms with van der Waals surface area (Å²) in [6, 6.07) is 6.75. The van der Waals surface area contributed by atoms with Crippen LogP contribution in [0, 0.1) is 0 Å². The molecule has 2 heterocycles. The molecule has 2 aromatic heterocycles. The van der Waals surface area contributed by atoms with Crippen LogP contribution in [0.4, 0.5) is 0 Å². The molecule has 3 rings (SSSR count). The highest BCUT2D eigenvalue weighted by molar-refractivity contribution is 9.10. The van der Waals surface area contributed by atoms with Crippen LogP contribution >= 0.6 is 15.9 Å². The number of phenolic OH excluding ortho intramolecular Hbond substituents is 1. The summed E-state index contributed by atoms with van der Waals surface area (Å²) in [5.74, 6) is 0.625. The highest BCUT2D eigenvalue weighted by Gasteiger charge is 2.01.